The van der Waals surface area contributed by atoms with Crippen LogP contribution in [0, 0.1) is 0 Å². The van der Waals surface area contributed by atoms with E-state index in [9.17, 15) is 4.79 Å². The maximum atomic E-state index is 11.0. The Morgan fingerprint density at radius 3 is 2.92 bits per heavy atom. The third-order valence-electron chi connectivity index (χ3n) is 1.48. The van der Waals surface area contributed by atoms with E-state index in [1.165, 1.54) is 0 Å². The molecule has 0 bridgehead atoms. The van der Waals surface area contributed by atoms with Gasteiger partial charge >= 0.3 is 0 Å². The number of carbonyl (C=O) groups excluding carboxylic acids is 1. The molecule has 0 heterocycles. The van der Waals surface area contributed by atoms with E-state index in [4.69, 9.17) is 5.53 Å². The SMILES string of the molecule is CCCC(=O)CCCC=C=[N+]=[N-]. The molecule has 0 saturated heterocycles. The highest BCUT2D eigenvalue weighted by Gasteiger charge is 1.97. The van der Waals surface area contributed by atoms with Crippen molar-refractivity contribution in [3.05, 3.63) is 11.6 Å². The highest BCUT2D eigenvalue weighted by atomic mass is 16.1. The topological polar surface area (TPSA) is 53.5 Å². The van der Waals surface area contributed by atoms with E-state index in [-0.39, 0.29) is 0 Å². The smallest absolute Gasteiger partial charge is 0.295 e. The molecular weight excluding hydrogens is 152 g/mol. The van der Waals surface area contributed by atoms with Gasteiger partial charge in [0.1, 0.15) is 5.78 Å². The molecule has 0 unspecified atom stereocenters. The van der Waals surface area contributed by atoms with Gasteiger partial charge in [0, 0.05) is 18.9 Å². The fraction of sp³-hybridized carbons (Fsp3) is 0.667. The second kappa shape index (κ2) is 7.93. The number of nitrogens with zero attached hydrogens (tertiary/aromatic N) is 2. The first-order chi connectivity index (χ1) is 5.81. The summed E-state index contributed by atoms with van der Waals surface area (Å²) < 4.78 is 0. The van der Waals surface area contributed by atoms with Crippen LogP contribution < -0.4 is 0 Å². The molecule has 0 saturated carbocycles. The number of hydrogen-bond donors (Lipinski definition) is 0. The molecule has 0 fully saturated rings. The van der Waals surface area contributed by atoms with Crippen LogP contribution in [-0.4, -0.2) is 16.4 Å². The lowest BCUT2D eigenvalue weighted by atomic mass is 10.1. The van der Waals surface area contributed by atoms with E-state index in [2.05, 4.69) is 10.7 Å². The first-order valence-corrected chi connectivity index (χ1v) is 4.24. The minimum atomic E-state index is 0.312. The van der Waals surface area contributed by atoms with Gasteiger partial charge in [0.25, 0.3) is 5.87 Å². The van der Waals surface area contributed by atoms with Crippen molar-refractivity contribution in [3.8, 4) is 0 Å². The van der Waals surface area contributed by atoms with Gasteiger partial charge in [-0.3, -0.25) is 4.79 Å². The molecule has 3 nitrogen and oxygen atoms in total. The Morgan fingerprint density at radius 2 is 2.33 bits per heavy atom. The monoisotopic (exact) mass is 166 g/mol. The molecule has 0 aliphatic heterocycles. The summed E-state index contributed by atoms with van der Waals surface area (Å²) in [7, 11) is 0. The largest absolute Gasteiger partial charge is 0.348 e. The summed E-state index contributed by atoms with van der Waals surface area (Å²) in [5.41, 5.74) is 7.97. The zero-order chi connectivity index (χ0) is 9.23. The van der Waals surface area contributed by atoms with Gasteiger partial charge in [-0.05, 0) is 19.3 Å². The highest BCUT2D eigenvalue weighted by Crippen LogP contribution is 2.00. The molecule has 0 aliphatic rings. The maximum Gasteiger partial charge on any atom is 0.295 e. The molecule has 3 heteroatoms. The van der Waals surface area contributed by atoms with Gasteiger partial charge in [0.2, 0.25) is 0 Å². The number of rotatable bonds is 6. The van der Waals surface area contributed by atoms with Crippen molar-refractivity contribution in [3.63, 3.8) is 0 Å². The first-order valence-electron chi connectivity index (χ1n) is 4.24. The van der Waals surface area contributed by atoms with E-state index < -0.39 is 0 Å². The molecule has 0 N–H and O–H groups in total. The Balaban J connectivity index is 3.37. The summed E-state index contributed by atoms with van der Waals surface area (Å²) in [4.78, 5) is 13.7. The van der Waals surface area contributed by atoms with Crippen molar-refractivity contribution in [2.75, 3.05) is 0 Å². The average molecular weight is 166 g/mol. The van der Waals surface area contributed by atoms with Crippen molar-refractivity contribution in [1.82, 2.24) is 0 Å². The molecule has 0 spiro atoms. The predicted octanol–water partition coefficient (Wildman–Crippen LogP) is 1.98. The van der Waals surface area contributed by atoms with E-state index >= 15 is 0 Å². The molecular formula is C9H14N2O. The summed E-state index contributed by atoms with van der Waals surface area (Å²) in [5, 5.41) is 0. The summed E-state index contributed by atoms with van der Waals surface area (Å²) in [6.07, 6.45) is 5.42. The van der Waals surface area contributed by atoms with Gasteiger partial charge in [0.05, 0.1) is 0 Å². The number of ketones is 1. The van der Waals surface area contributed by atoms with E-state index in [1.807, 2.05) is 6.92 Å². The first kappa shape index (κ1) is 10.8. The number of allylic oxidation sites excluding steroid dienone is 1. The quantitative estimate of drug-likeness (QED) is 0.257. The normalized spacial score (nSPS) is 8.42. The van der Waals surface area contributed by atoms with Crippen LogP contribution in [0.3, 0.4) is 0 Å². The third-order valence-corrected chi connectivity index (χ3v) is 1.48. The van der Waals surface area contributed by atoms with Crippen molar-refractivity contribution in [1.29, 1.82) is 0 Å². The zero-order valence-electron chi connectivity index (χ0n) is 7.42. The second-order valence-electron chi connectivity index (χ2n) is 2.61. The van der Waals surface area contributed by atoms with Crippen LogP contribution in [0.5, 0.6) is 0 Å². The second-order valence-corrected chi connectivity index (χ2v) is 2.61. The molecule has 0 rings (SSSR count). The lowest BCUT2D eigenvalue weighted by molar-refractivity contribution is -0.119. The zero-order valence-corrected chi connectivity index (χ0v) is 7.42. The standard InChI is InChI=1S/C9H14N2O/c1-2-6-9(12)7-4-3-5-8-11-10/h5H,2-4,6-7H2,1H3. The molecule has 0 aromatic rings. The Hall–Kier alpha value is -1.17. The molecule has 0 atom stereocenters. The molecule has 0 aromatic heterocycles. The molecule has 12 heavy (non-hydrogen) atoms. The highest BCUT2D eigenvalue weighted by molar-refractivity contribution is 5.78. The van der Waals surface area contributed by atoms with Crippen molar-refractivity contribution >= 4 is 11.7 Å². The fourth-order valence-corrected chi connectivity index (χ4v) is 0.911. The lowest BCUT2D eigenvalue weighted by Crippen LogP contribution is -1.95. The average Bonchev–Trinajstić information content (AvgIpc) is 2.05. The summed E-state index contributed by atoms with van der Waals surface area (Å²) >= 11 is 0. The Labute approximate surface area is 72.7 Å². The van der Waals surface area contributed by atoms with Crippen LogP contribution in [0.25, 0.3) is 5.53 Å². The Morgan fingerprint density at radius 1 is 1.58 bits per heavy atom. The van der Waals surface area contributed by atoms with Gasteiger partial charge in [0.15, 0.2) is 0 Å². The van der Waals surface area contributed by atoms with Crippen molar-refractivity contribution in [2.45, 2.75) is 39.0 Å². The third kappa shape index (κ3) is 6.94. The van der Waals surface area contributed by atoms with Gasteiger partial charge in [-0.25, -0.2) is 0 Å². The van der Waals surface area contributed by atoms with Gasteiger partial charge in [-0.2, -0.15) is 0 Å². The molecule has 0 radical (unpaired) electrons. The van der Waals surface area contributed by atoms with Crippen LogP contribution in [-0.2, 0) is 4.79 Å². The summed E-state index contributed by atoms with van der Waals surface area (Å²) in [6, 6.07) is 0. The summed E-state index contributed by atoms with van der Waals surface area (Å²) in [6.45, 7) is 2.00. The van der Waals surface area contributed by atoms with Crippen LogP contribution in [0.15, 0.2) is 6.08 Å². The number of Topliss-reactive ketones (excluding diaryl/α,β-unsaturated/α-hetero) is 1. The minimum Gasteiger partial charge on any atom is -0.348 e. The van der Waals surface area contributed by atoms with Gasteiger partial charge < -0.3 is 5.53 Å². The fourth-order valence-electron chi connectivity index (χ4n) is 0.911. The molecule has 0 aromatic carbocycles. The molecule has 0 aliphatic carbocycles. The molecule has 0 amide bonds. The van der Waals surface area contributed by atoms with Crippen LogP contribution >= 0.6 is 0 Å². The van der Waals surface area contributed by atoms with Crippen LogP contribution in [0.2, 0.25) is 0 Å². The van der Waals surface area contributed by atoms with Gasteiger partial charge in [-0.15, -0.1) is 4.79 Å². The van der Waals surface area contributed by atoms with E-state index in [0.29, 0.717) is 18.6 Å². The summed E-state index contributed by atoms with van der Waals surface area (Å²) in [5.74, 6) is 2.61. The van der Waals surface area contributed by atoms with Crippen molar-refractivity contribution in [2.24, 2.45) is 0 Å². The van der Waals surface area contributed by atoms with Crippen LogP contribution in [0.1, 0.15) is 39.0 Å². The van der Waals surface area contributed by atoms with Crippen molar-refractivity contribution < 1.29 is 9.58 Å². The van der Waals surface area contributed by atoms with E-state index in [0.717, 1.165) is 19.3 Å². The maximum absolute atomic E-state index is 11.0. The minimum absolute atomic E-state index is 0.312. The lowest BCUT2D eigenvalue weighted by Gasteiger charge is -1.94. The predicted molar refractivity (Wildman–Crippen MR) is 47.0 cm³/mol. The number of unbranched alkanes of at least 4 members (excludes halogenated alkanes) is 1. The van der Waals surface area contributed by atoms with Gasteiger partial charge in [-0.1, -0.05) is 6.92 Å². The Kier molecular flexibility index (Phi) is 7.16. The number of carbonyl (C=O) groups is 1. The Bertz CT molecular complexity index is 211. The van der Waals surface area contributed by atoms with Crippen LogP contribution in [0.4, 0.5) is 0 Å². The van der Waals surface area contributed by atoms with E-state index in [1.54, 1.807) is 6.08 Å². The molecule has 66 valence electrons. The number of hydrogen-bond acceptors (Lipinski definition) is 1.